The molecule has 2 aliphatic heterocycles. The summed E-state index contributed by atoms with van der Waals surface area (Å²) in [7, 11) is 0. The van der Waals surface area contributed by atoms with E-state index in [1.54, 1.807) is 0 Å². The van der Waals surface area contributed by atoms with Gasteiger partial charge in [-0.1, -0.05) is 12.1 Å². The number of hydrogen-bond acceptors (Lipinski definition) is 8. The summed E-state index contributed by atoms with van der Waals surface area (Å²) in [6.45, 7) is 2.67. The average molecular weight is 408 g/mol. The van der Waals surface area contributed by atoms with Crippen molar-refractivity contribution in [3.8, 4) is 29.0 Å². The minimum atomic E-state index is 0.0735. The summed E-state index contributed by atoms with van der Waals surface area (Å²) in [6.07, 6.45) is 1.07. The molecule has 1 atom stereocenters. The number of pyridine rings is 1. The molecule has 2 aromatic rings. The highest BCUT2D eigenvalue weighted by atomic mass is 32.2. The summed E-state index contributed by atoms with van der Waals surface area (Å²) >= 11 is 1.49. The Morgan fingerprint density at radius 3 is 2.45 bits per heavy atom. The van der Waals surface area contributed by atoms with Crippen LogP contribution in [0.1, 0.15) is 17.5 Å². The quantitative estimate of drug-likeness (QED) is 0.726. The van der Waals surface area contributed by atoms with Crippen molar-refractivity contribution in [1.82, 2.24) is 4.98 Å². The van der Waals surface area contributed by atoms with Crippen molar-refractivity contribution in [2.75, 3.05) is 37.9 Å². The lowest BCUT2D eigenvalue weighted by Gasteiger charge is -2.26. The zero-order valence-electron chi connectivity index (χ0n) is 15.8. The molecule has 0 unspecified atom stereocenters. The van der Waals surface area contributed by atoms with Crippen molar-refractivity contribution in [1.29, 1.82) is 10.5 Å². The number of benzene rings is 1. The third kappa shape index (κ3) is 4.15. The first-order valence-electron chi connectivity index (χ1n) is 9.38. The Morgan fingerprint density at radius 1 is 1.10 bits per heavy atom. The van der Waals surface area contributed by atoms with Gasteiger partial charge in [0, 0.05) is 17.9 Å². The van der Waals surface area contributed by atoms with Crippen molar-refractivity contribution < 1.29 is 14.2 Å². The Morgan fingerprint density at radius 2 is 1.86 bits per heavy atom. The highest BCUT2D eigenvalue weighted by Gasteiger charge is 2.23. The monoisotopic (exact) mass is 408 g/mol. The summed E-state index contributed by atoms with van der Waals surface area (Å²) in [4.78, 5) is 4.35. The first kappa shape index (κ1) is 19.5. The molecule has 0 radical (unpaired) electrons. The maximum atomic E-state index is 9.86. The fraction of sp³-hybridized carbons (Fsp3) is 0.381. The second-order valence-corrected chi connectivity index (χ2v) is 8.00. The number of rotatable bonds is 6. The van der Waals surface area contributed by atoms with Gasteiger partial charge in [0.2, 0.25) is 0 Å². The molecule has 0 amide bonds. The van der Waals surface area contributed by atoms with Crippen molar-refractivity contribution in [2.45, 2.75) is 17.6 Å². The number of nitrogens with two attached hydrogens (primary N) is 1. The van der Waals surface area contributed by atoms with Crippen LogP contribution in [0.5, 0.6) is 5.75 Å². The molecule has 0 spiro atoms. The van der Waals surface area contributed by atoms with Gasteiger partial charge in [0.25, 0.3) is 0 Å². The minimum absolute atomic E-state index is 0.0735. The standard InChI is InChI=1S/C21H20N4O3S/c22-7-17-19(14-1-3-15(4-2-14)28-16-10-27-11-16)18(8-23)21(25-20(17)24)29-12-13-5-6-26-9-13/h1-4,13,16H,5-6,9-12H2,(H2,24,25)/t13-/m1/s1. The number of hydrogen-bond donors (Lipinski definition) is 1. The zero-order chi connectivity index (χ0) is 20.2. The lowest BCUT2D eigenvalue weighted by atomic mass is 9.97. The molecule has 2 N–H and O–H groups in total. The number of ether oxygens (including phenoxy) is 3. The molecule has 0 aliphatic carbocycles. The number of aromatic nitrogens is 1. The molecular weight excluding hydrogens is 388 g/mol. The lowest BCUT2D eigenvalue weighted by Crippen LogP contribution is -2.38. The smallest absolute Gasteiger partial charge is 0.145 e. The van der Waals surface area contributed by atoms with E-state index in [9.17, 15) is 10.5 Å². The molecule has 1 aromatic carbocycles. The Hall–Kier alpha value is -2.78. The van der Waals surface area contributed by atoms with E-state index < -0.39 is 0 Å². The summed E-state index contributed by atoms with van der Waals surface area (Å²) in [6, 6.07) is 11.7. The van der Waals surface area contributed by atoms with Gasteiger partial charge in [-0.15, -0.1) is 11.8 Å². The number of thioether (sulfide) groups is 1. The Kier molecular flexibility index (Phi) is 5.86. The van der Waals surface area contributed by atoms with E-state index in [0.717, 1.165) is 36.7 Å². The van der Waals surface area contributed by atoms with Crippen LogP contribution < -0.4 is 10.5 Å². The van der Waals surface area contributed by atoms with Gasteiger partial charge in [0.05, 0.1) is 25.4 Å². The van der Waals surface area contributed by atoms with Gasteiger partial charge in [-0.2, -0.15) is 10.5 Å². The van der Waals surface area contributed by atoms with Crippen LogP contribution in [0.4, 0.5) is 5.82 Å². The summed E-state index contributed by atoms with van der Waals surface area (Å²) < 4.78 is 16.3. The van der Waals surface area contributed by atoms with Gasteiger partial charge in [-0.3, -0.25) is 0 Å². The van der Waals surface area contributed by atoms with E-state index in [4.69, 9.17) is 19.9 Å². The van der Waals surface area contributed by atoms with Crippen LogP contribution in [0, 0.1) is 28.6 Å². The molecule has 4 rings (SSSR count). The second-order valence-electron chi connectivity index (χ2n) is 6.99. The SMILES string of the molecule is N#Cc1c(N)nc(SC[C@@H]2CCOC2)c(C#N)c1-c1ccc(OC2COC2)cc1. The molecule has 8 heteroatoms. The van der Waals surface area contributed by atoms with Gasteiger partial charge < -0.3 is 19.9 Å². The number of nitriles is 2. The van der Waals surface area contributed by atoms with Crippen LogP contribution in [0.15, 0.2) is 29.3 Å². The van der Waals surface area contributed by atoms with Gasteiger partial charge in [-0.05, 0) is 30.0 Å². The van der Waals surface area contributed by atoms with Gasteiger partial charge in [0.1, 0.15) is 40.4 Å². The van der Waals surface area contributed by atoms with Gasteiger partial charge >= 0.3 is 0 Å². The lowest BCUT2D eigenvalue weighted by molar-refractivity contribution is -0.0796. The molecule has 29 heavy (non-hydrogen) atoms. The fourth-order valence-electron chi connectivity index (χ4n) is 3.28. The van der Waals surface area contributed by atoms with Crippen molar-refractivity contribution in [3.63, 3.8) is 0 Å². The molecule has 2 fully saturated rings. The van der Waals surface area contributed by atoms with E-state index in [0.29, 0.717) is 35.3 Å². The maximum Gasteiger partial charge on any atom is 0.145 e. The number of nitrogens with zero attached hydrogens (tertiary/aromatic N) is 3. The summed E-state index contributed by atoms with van der Waals surface area (Å²) in [5.41, 5.74) is 7.93. The molecular formula is C21H20N4O3S. The molecule has 148 valence electrons. The van der Waals surface area contributed by atoms with E-state index in [-0.39, 0.29) is 17.5 Å². The molecule has 0 bridgehead atoms. The summed E-state index contributed by atoms with van der Waals surface area (Å²) in [5.74, 6) is 2.08. The Balaban J connectivity index is 1.66. The van der Waals surface area contributed by atoms with E-state index in [2.05, 4.69) is 17.1 Å². The van der Waals surface area contributed by atoms with Crippen LogP contribution >= 0.6 is 11.8 Å². The Bertz CT molecular complexity index is 971. The van der Waals surface area contributed by atoms with Gasteiger partial charge in [-0.25, -0.2) is 4.98 Å². The number of nitrogen functional groups attached to an aromatic ring is 1. The highest BCUT2D eigenvalue weighted by Crippen LogP contribution is 2.37. The molecule has 1 aromatic heterocycles. The maximum absolute atomic E-state index is 9.86. The zero-order valence-corrected chi connectivity index (χ0v) is 16.6. The van der Waals surface area contributed by atoms with Crippen LogP contribution in [0.25, 0.3) is 11.1 Å². The highest BCUT2D eigenvalue weighted by molar-refractivity contribution is 7.99. The molecule has 7 nitrogen and oxygen atoms in total. The normalized spacial score (nSPS) is 18.6. The predicted molar refractivity (Wildman–Crippen MR) is 108 cm³/mol. The largest absolute Gasteiger partial charge is 0.486 e. The van der Waals surface area contributed by atoms with Crippen molar-refractivity contribution in [2.24, 2.45) is 5.92 Å². The van der Waals surface area contributed by atoms with E-state index >= 15 is 0 Å². The Labute approximate surface area is 173 Å². The van der Waals surface area contributed by atoms with Crippen molar-refractivity contribution in [3.05, 3.63) is 35.4 Å². The molecule has 3 heterocycles. The summed E-state index contributed by atoms with van der Waals surface area (Å²) in [5, 5.41) is 20.1. The average Bonchev–Trinajstić information content (AvgIpc) is 3.22. The fourth-order valence-corrected chi connectivity index (χ4v) is 4.39. The number of anilines is 1. The minimum Gasteiger partial charge on any atom is -0.486 e. The predicted octanol–water partition coefficient (Wildman–Crippen LogP) is 2.98. The first-order valence-corrected chi connectivity index (χ1v) is 10.4. The third-order valence-electron chi connectivity index (χ3n) is 4.95. The van der Waals surface area contributed by atoms with Crippen molar-refractivity contribution >= 4 is 17.6 Å². The van der Waals surface area contributed by atoms with E-state index in [1.807, 2.05) is 24.3 Å². The van der Waals surface area contributed by atoms with Crippen LogP contribution in [0.3, 0.4) is 0 Å². The first-order chi connectivity index (χ1) is 14.2. The van der Waals surface area contributed by atoms with Gasteiger partial charge in [0.15, 0.2) is 0 Å². The topological polar surface area (TPSA) is 114 Å². The molecule has 2 aliphatic rings. The molecule has 2 saturated heterocycles. The third-order valence-corrected chi connectivity index (χ3v) is 6.16. The van der Waals surface area contributed by atoms with Crippen LogP contribution in [0.2, 0.25) is 0 Å². The van der Waals surface area contributed by atoms with Crippen LogP contribution in [-0.4, -0.2) is 43.3 Å². The van der Waals surface area contributed by atoms with Crippen LogP contribution in [-0.2, 0) is 9.47 Å². The molecule has 0 saturated carbocycles. The van der Waals surface area contributed by atoms with E-state index in [1.165, 1.54) is 11.8 Å². The second kappa shape index (κ2) is 8.71.